The van der Waals surface area contributed by atoms with E-state index in [4.69, 9.17) is 0 Å². The first-order valence-electron chi connectivity index (χ1n) is 8.84. The number of nitrogens with zero attached hydrogens (tertiary/aromatic N) is 2. The number of hydrazine groups is 1. The van der Waals surface area contributed by atoms with Crippen LogP contribution in [0.5, 0.6) is 0 Å². The van der Waals surface area contributed by atoms with Crippen LogP contribution in [-0.4, -0.2) is 27.5 Å². The van der Waals surface area contributed by atoms with Gasteiger partial charge in [-0.15, -0.1) is 0 Å². The molecule has 6 heteroatoms. The van der Waals surface area contributed by atoms with Crippen molar-refractivity contribution in [3.63, 3.8) is 0 Å². The number of rotatable bonds is 6. The maximum atomic E-state index is 12.4. The average Bonchev–Trinajstić information content (AvgIpc) is 3.17. The second kappa shape index (κ2) is 7.32. The van der Waals surface area contributed by atoms with E-state index in [0.717, 1.165) is 36.1 Å². The number of benzene rings is 1. The number of carbonyl (C=O) groups is 1. The maximum Gasteiger partial charge on any atom is 0.238 e. The molecule has 1 amide bonds. The van der Waals surface area contributed by atoms with Gasteiger partial charge in [0.1, 0.15) is 11.9 Å². The van der Waals surface area contributed by atoms with Gasteiger partial charge in [-0.25, -0.2) is 10.4 Å². The SMILES string of the molecule is CCCC1CC(C(=O)NCc2nc3ccccc3n2C(C)C)NN1. The van der Waals surface area contributed by atoms with Crippen LogP contribution in [0, 0.1) is 0 Å². The number of nitrogens with one attached hydrogen (secondary N) is 3. The summed E-state index contributed by atoms with van der Waals surface area (Å²) in [6.45, 7) is 6.88. The topological polar surface area (TPSA) is 71.0 Å². The van der Waals surface area contributed by atoms with Crippen molar-refractivity contribution in [2.24, 2.45) is 0 Å². The van der Waals surface area contributed by atoms with Gasteiger partial charge in [-0.2, -0.15) is 0 Å². The Kier molecular flexibility index (Phi) is 5.16. The molecular weight excluding hydrogens is 302 g/mol. The molecule has 1 aliphatic heterocycles. The third-order valence-corrected chi connectivity index (χ3v) is 4.54. The number of fused-ring (bicyclic) bond motifs is 1. The van der Waals surface area contributed by atoms with Crippen molar-refractivity contribution < 1.29 is 4.79 Å². The molecule has 0 spiro atoms. The molecule has 1 saturated heterocycles. The number of imidazole rings is 1. The number of hydrogen-bond acceptors (Lipinski definition) is 4. The normalized spacial score (nSPS) is 20.8. The Hall–Kier alpha value is -1.92. The van der Waals surface area contributed by atoms with E-state index < -0.39 is 0 Å². The van der Waals surface area contributed by atoms with Crippen LogP contribution in [0.3, 0.4) is 0 Å². The van der Waals surface area contributed by atoms with Crippen LogP contribution in [-0.2, 0) is 11.3 Å². The molecule has 6 nitrogen and oxygen atoms in total. The minimum atomic E-state index is -0.168. The molecule has 2 heterocycles. The van der Waals surface area contributed by atoms with Crippen LogP contribution >= 0.6 is 0 Å². The summed E-state index contributed by atoms with van der Waals surface area (Å²) in [5.41, 5.74) is 8.39. The average molecular weight is 329 g/mol. The van der Waals surface area contributed by atoms with Crippen LogP contribution < -0.4 is 16.2 Å². The molecule has 1 aromatic heterocycles. The fourth-order valence-corrected chi connectivity index (χ4v) is 3.42. The third-order valence-electron chi connectivity index (χ3n) is 4.54. The number of aromatic nitrogens is 2. The van der Waals surface area contributed by atoms with E-state index in [1.165, 1.54) is 0 Å². The smallest absolute Gasteiger partial charge is 0.238 e. The molecule has 0 saturated carbocycles. The second-order valence-corrected chi connectivity index (χ2v) is 6.76. The Bertz CT molecular complexity index is 708. The van der Waals surface area contributed by atoms with E-state index in [9.17, 15) is 4.79 Å². The molecule has 0 aliphatic carbocycles. The van der Waals surface area contributed by atoms with Gasteiger partial charge in [0.05, 0.1) is 17.6 Å². The second-order valence-electron chi connectivity index (χ2n) is 6.76. The highest BCUT2D eigenvalue weighted by Crippen LogP contribution is 2.21. The van der Waals surface area contributed by atoms with Gasteiger partial charge in [0.25, 0.3) is 0 Å². The Balaban J connectivity index is 1.67. The van der Waals surface area contributed by atoms with Crippen LogP contribution in [0.4, 0.5) is 0 Å². The summed E-state index contributed by atoms with van der Waals surface area (Å²) in [6.07, 6.45) is 3.03. The van der Waals surface area contributed by atoms with Gasteiger partial charge in [-0.3, -0.25) is 10.2 Å². The Morgan fingerprint density at radius 3 is 2.92 bits per heavy atom. The predicted octanol–water partition coefficient (Wildman–Crippen LogP) is 2.27. The number of para-hydroxylation sites is 2. The van der Waals surface area contributed by atoms with Gasteiger partial charge in [0.15, 0.2) is 0 Å². The van der Waals surface area contributed by atoms with Gasteiger partial charge < -0.3 is 9.88 Å². The summed E-state index contributed by atoms with van der Waals surface area (Å²) in [5.74, 6) is 0.930. The first-order valence-corrected chi connectivity index (χ1v) is 8.84. The summed E-state index contributed by atoms with van der Waals surface area (Å²) >= 11 is 0. The van der Waals surface area contributed by atoms with Crippen LogP contribution in [0.15, 0.2) is 24.3 Å². The van der Waals surface area contributed by atoms with Crippen molar-refractivity contribution >= 4 is 16.9 Å². The highest BCUT2D eigenvalue weighted by atomic mass is 16.2. The van der Waals surface area contributed by atoms with Crippen molar-refractivity contribution in [3.05, 3.63) is 30.1 Å². The van der Waals surface area contributed by atoms with Crippen molar-refractivity contribution in [1.29, 1.82) is 0 Å². The largest absolute Gasteiger partial charge is 0.347 e. The van der Waals surface area contributed by atoms with Crippen molar-refractivity contribution in [2.45, 2.75) is 64.7 Å². The predicted molar refractivity (Wildman–Crippen MR) is 95.3 cm³/mol. The van der Waals surface area contributed by atoms with Gasteiger partial charge in [-0.1, -0.05) is 25.5 Å². The molecule has 24 heavy (non-hydrogen) atoms. The quantitative estimate of drug-likeness (QED) is 0.760. The van der Waals surface area contributed by atoms with E-state index in [-0.39, 0.29) is 11.9 Å². The van der Waals surface area contributed by atoms with Gasteiger partial charge in [-0.05, 0) is 38.8 Å². The lowest BCUT2D eigenvalue weighted by molar-refractivity contribution is -0.123. The van der Waals surface area contributed by atoms with Gasteiger partial charge in [0, 0.05) is 12.1 Å². The van der Waals surface area contributed by atoms with Crippen molar-refractivity contribution in [3.8, 4) is 0 Å². The van der Waals surface area contributed by atoms with Crippen molar-refractivity contribution in [1.82, 2.24) is 25.7 Å². The zero-order valence-corrected chi connectivity index (χ0v) is 14.7. The molecule has 1 fully saturated rings. The molecule has 130 valence electrons. The van der Waals surface area contributed by atoms with Crippen LogP contribution in [0.1, 0.15) is 51.9 Å². The summed E-state index contributed by atoms with van der Waals surface area (Å²) < 4.78 is 2.19. The molecule has 0 radical (unpaired) electrons. The van der Waals surface area contributed by atoms with E-state index in [0.29, 0.717) is 18.6 Å². The highest BCUT2D eigenvalue weighted by molar-refractivity contribution is 5.82. The monoisotopic (exact) mass is 329 g/mol. The molecular formula is C18H27N5O. The highest BCUT2D eigenvalue weighted by Gasteiger charge is 2.28. The van der Waals surface area contributed by atoms with Crippen molar-refractivity contribution in [2.75, 3.05) is 0 Å². The fourth-order valence-electron chi connectivity index (χ4n) is 3.42. The van der Waals surface area contributed by atoms with E-state index >= 15 is 0 Å². The lowest BCUT2D eigenvalue weighted by atomic mass is 10.1. The Labute approximate surface area is 143 Å². The third kappa shape index (κ3) is 3.44. The Morgan fingerprint density at radius 2 is 2.17 bits per heavy atom. The molecule has 1 aromatic carbocycles. The lowest BCUT2D eigenvalue weighted by Gasteiger charge is -2.15. The summed E-state index contributed by atoms with van der Waals surface area (Å²) in [5, 5.41) is 3.04. The maximum absolute atomic E-state index is 12.4. The molecule has 0 bridgehead atoms. The van der Waals surface area contributed by atoms with Crippen LogP contribution in [0.25, 0.3) is 11.0 Å². The molecule has 3 rings (SSSR count). The number of carbonyl (C=O) groups excluding carboxylic acids is 1. The van der Waals surface area contributed by atoms with Gasteiger partial charge >= 0.3 is 0 Å². The summed E-state index contributed by atoms with van der Waals surface area (Å²) in [7, 11) is 0. The zero-order valence-electron chi connectivity index (χ0n) is 14.7. The zero-order chi connectivity index (χ0) is 17.1. The molecule has 2 aromatic rings. The van der Waals surface area contributed by atoms with E-state index in [1.54, 1.807) is 0 Å². The minimum absolute atomic E-state index is 0.0310. The van der Waals surface area contributed by atoms with Gasteiger partial charge in [0.2, 0.25) is 5.91 Å². The fraction of sp³-hybridized carbons (Fsp3) is 0.556. The molecule has 2 unspecified atom stereocenters. The van der Waals surface area contributed by atoms with E-state index in [1.807, 2.05) is 18.2 Å². The van der Waals surface area contributed by atoms with E-state index in [2.05, 4.69) is 52.6 Å². The Morgan fingerprint density at radius 1 is 1.38 bits per heavy atom. The van der Waals surface area contributed by atoms with Crippen LogP contribution in [0.2, 0.25) is 0 Å². The first-order chi connectivity index (χ1) is 11.6. The molecule has 3 N–H and O–H groups in total. The molecule has 1 aliphatic rings. The summed E-state index contributed by atoms with van der Waals surface area (Å²) in [6, 6.07) is 8.61. The lowest BCUT2D eigenvalue weighted by Crippen LogP contribution is -2.43. The minimum Gasteiger partial charge on any atom is -0.347 e. The number of hydrogen-bond donors (Lipinski definition) is 3. The first kappa shape index (κ1) is 16.9. The molecule has 2 atom stereocenters. The summed E-state index contributed by atoms with van der Waals surface area (Å²) in [4.78, 5) is 17.1. The number of amides is 1. The standard InChI is InChI=1S/C18H27N5O/c1-4-7-13-10-15(22-21-13)18(24)19-11-17-20-14-8-5-6-9-16(14)23(17)12(2)3/h5-6,8-9,12-13,15,21-22H,4,7,10-11H2,1-3H3,(H,19,24).